The Bertz CT molecular complexity index is 1190. The fourth-order valence-corrected chi connectivity index (χ4v) is 4.50. The van der Waals surface area contributed by atoms with Crippen LogP contribution in [0.1, 0.15) is 23.5 Å². The van der Waals surface area contributed by atoms with Crippen molar-refractivity contribution >= 4 is 5.82 Å². The highest BCUT2D eigenvalue weighted by Gasteiger charge is 2.39. The van der Waals surface area contributed by atoms with Crippen molar-refractivity contribution in [3.8, 4) is 17.1 Å². The van der Waals surface area contributed by atoms with E-state index in [4.69, 9.17) is 4.98 Å². The van der Waals surface area contributed by atoms with Gasteiger partial charge in [-0.25, -0.2) is 4.98 Å². The van der Waals surface area contributed by atoms with Gasteiger partial charge in [0.05, 0.1) is 11.3 Å². The minimum absolute atomic E-state index is 0.301. The molecular formula is C22H20F3N5O. The number of alkyl halides is 3. The Labute approximate surface area is 176 Å². The molecule has 0 aromatic carbocycles. The highest BCUT2D eigenvalue weighted by Crippen LogP contribution is 2.41. The van der Waals surface area contributed by atoms with E-state index in [1.165, 1.54) is 22.3 Å². The second-order valence-corrected chi connectivity index (χ2v) is 7.91. The fourth-order valence-electron chi connectivity index (χ4n) is 4.50. The maximum Gasteiger partial charge on any atom is 0.417 e. The number of likely N-dealkylation sites (N-methyl/N-ethyl adjacent to an activating group) is 1. The van der Waals surface area contributed by atoms with Crippen molar-refractivity contribution in [2.24, 2.45) is 0 Å². The van der Waals surface area contributed by atoms with Gasteiger partial charge >= 0.3 is 6.18 Å². The molecule has 2 atom stereocenters. The summed E-state index contributed by atoms with van der Waals surface area (Å²) in [4.78, 5) is 23.6. The average molecular weight is 427 g/mol. The number of nitrogens with zero attached hydrogens (tertiary/aromatic N) is 4. The molecule has 2 aliphatic heterocycles. The molecular weight excluding hydrogens is 407 g/mol. The van der Waals surface area contributed by atoms with Gasteiger partial charge in [0.25, 0.3) is 5.56 Å². The number of anilines is 1. The van der Waals surface area contributed by atoms with Crippen LogP contribution in [-0.4, -0.2) is 40.7 Å². The van der Waals surface area contributed by atoms with Crippen LogP contribution < -0.4 is 15.8 Å². The Kier molecular flexibility index (Phi) is 4.58. The van der Waals surface area contributed by atoms with Gasteiger partial charge in [-0.3, -0.25) is 14.3 Å². The lowest BCUT2D eigenvalue weighted by Gasteiger charge is -2.30. The molecule has 0 bridgehead atoms. The number of rotatable bonds is 2. The van der Waals surface area contributed by atoms with E-state index in [1.807, 2.05) is 19.2 Å². The third-order valence-electron chi connectivity index (χ3n) is 6.12. The summed E-state index contributed by atoms with van der Waals surface area (Å²) in [5.74, 6) is 1.78. The van der Waals surface area contributed by atoms with Crippen molar-refractivity contribution in [1.82, 2.24) is 19.9 Å². The first-order chi connectivity index (χ1) is 14.8. The van der Waals surface area contributed by atoms with E-state index in [0.29, 0.717) is 29.0 Å². The van der Waals surface area contributed by atoms with E-state index >= 15 is 0 Å². The molecule has 0 aliphatic carbocycles. The van der Waals surface area contributed by atoms with Crippen molar-refractivity contribution in [3.63, 3.8) is 0 Å². The molecule has 0 amide bonds. The predicted molar refractivity (Wildman–Crippen MR) is 110 cm³/mol. The third kappa shape index (κ3) is 3.38. The number of pyridine rings is 3. The van der Waals surface area contributed by atoms with E-state index in [9.17, 15) is 18.0 Å². The molecule has 1 fully saturated rings. The molecule has 1 saturated heterocycles. The molecule has 9 heteroatoms. The largest absolute Gasteiger partial charge is 0.417 e. The Hall–Kier alpha value is -3.20. The lowest BCUT2D eigenvalue weighted by atomic mass is 9.91. The molecule has 0 spiro atoms. The fraction of sp³-hybridized carbons (Fsp3) is 0.318. The van der Waals surface area contributed by atoms with Crippen LogP contribution in [0.5, 0.6) is 0 Å². The number of nitrogens with one attached hydrogen (secondary N) is 1. The highest BCUT2D eigenvalue weighted by atomic mass is 19.4. The maximum absolute atomic E-state index is 12.8. The first kappa shape index (κ1) is 19.7. The zero-order valence-electron chi connectivity index (χ0n) is 16.7. The van der Waals surface area contributed by atoms with E-state index in [-0.39, 0.29) is 5.56 Å². The topological polar surface area (TPSA) is 63.1 Å². The summed E-state index contributed by atoms with van der Waals surface area (Å²) in [5, 5.41) is 3.43. The van der Waals surface area contributed by atoms with Crippen molar-refractivity contribution in [2.75, 3.05) is 25.0 Å². The highest BCUT2D eigenvalue weighted by molar-refractivity contribution is 5.60. The Balaban J connectivity index is 1.46. The lowest BCUT2D eigenvalue weighted by Crippen LogP contribution is -2.42. The number of halogens is 3. The molecule has 31 heavy (non-hydrogen) atoms. The summed E-state index contributed by atoms with van der Waals surface area (Å²) in [5.41, 5.74) is 0.779. The normalized spacial score (nSPS) is 20.5. The summed E-state index contributed by atoms with van der Waals surface area (Å²) >= 11 is 0. The molecule has 1 N–H and O–H groups in total. The number of fused-ring (bicyclic) bond motifs is 3. The smallest absolute Gasteiger partial charge is 0.356 e. The van der Waals surface area contributed by atoms with Gasteiger partial charge in [-0.05, 0) is 37.2 Å². The number of aromatic nitrogens is 3. The van der Waals surface area contributed by atoms with Crippen LogP contribution in [0.15, 0.2) is 53.6 Å². The summed E-state index contributed by atoms with van der Waals surface area (Å²) in [6.07, 6.45) is -1.06. The van der Waals surface area contributed by atoms with E-state index in [0.717, 1.165) is 37.6 Å². The van der Waals surface area contributed by atoms with Crippen LogP contribution in [0.4, 0.5) is 19.0 Å². The number of piperidine rings is 1. The maximum atomic E-state index is 12.8. The molecule has 3 aromatic rings. The predicted octanol–water partition coefficient (Wildman–Crippen LogP) is 3.21. The first-order valence-corrected chi connectivity index (χ1v) is 10.0. The molecule has 5 heterocycles. The second-order valence-electron chi connectivity index (χ2n) is 7.91. The van der Waals surface area contributed by atoms with Crippen LogP contribution >= 0.6 is 0 Å². The van der Waals surface area contributed by atoms with Crippen LogP contribution in [0.2, 0.25) is 0 Å². The summed E-state index contributed by atoms with van der Waals surface area (Å²) in [6, 6.07) is 9.51. The van der Waals surface area contributed by atoms with Crippen molar-refractivity contribution in [2.45, 2.75) is 24.6 Å². The van der Waals surface area contributed by atoms with Gasteiger partial charge in [0, 0.05) is 55.1 Å². The molecule has 3 aromatic heterocycles. The van der Waals surface area contributed by atoms with Gasteiger partial charge in [-0.2, -0.15) is 13.2 Å². The number of hydrogen-bond donors (Lipinski definition) is 1. The van der Waals surface area contributed by atoms with Gasteiger partial charge in [0.1, 0.15) is 11.6 Å². The minimum Gasteiger partial charge on any atom is -0.356 e. The third-order valence-corrected chi connectivity index (χ3v) is 6.12. The summed E-state index contributed by atoms with van der Waals surface area (Å²) < 4.78 is 39.6. The van der Waals surface area contributed by atoms with Crippen LogP contribution in [0, 0.1) is 0 Å². The van der Waals surface area contributed by atoms with E-state index in [1.54, 1.807) is 12.3 Å². The van der Waals surface area contributed by atoms with Gasteiger partial charge in [0.2, 0.25) is 0 Å². The van der Waals surface area contributed by atoms with Crippen LogP contribution in [0.25, 0.3) is 17.1 Å². The van der Waals surface area contributed by atoms with Gasteiger partial charge in [-0.15, -0.1) is 0 Å². The molecule has 5 rings (SSSR count). The summed E-state index contributed by atoms with van der Waals surface area (Å²) in [6.45, 7) is 1.89. The van der Waals surface area contributed by atoms with Crippen LogP contribution in [-0.2, 0) is 6.18 Å². The standard InChI is InChI=1S/C22H20F3N5O/c1-29-18-6-8-26-12-16(18)15-3-5-19(28-21(15)29)30-9-7-13(10-20(30)31)17-4-2-14(11-27-17)22(23,24)25/h2-5,7,9-11,16,18,26H,6,8,12H2,1H3. The number of hydrogen-bond acceptors (Lipinski definition) is 5. The quantitative estimate of drug-likeness (QED) is 0.681. The molecule has 6 nitrogen and oxygen atoms in total. The van der Waals surface area contributed by atoms with Gasteiger partial charge in [-0.1, -0.05) is 6.07 Å². The Morgan fingerprint density at radius 2 is 2.00 bits per heavy atom. The zero-order chi connectivity index (χ0) is 21.8. The van der Waals surface area contributed by atoms with E-state index < -0.39 is 11.7 Å². The molecule has 0 saturated carbocycles. The average Bonchev–Trinajstić information content (AvgIpc) is 3.05. The first-order valence-electron chi connectivity index (χ1n) is 10.0. The van der Waals surface area contributed by atoms with Gasteiger partial charge in [0.15, 0.2) is 0 Å². The molecule has 2 unspecified atom stereocenters. The van der Waals surface area contributed by atoms with Crippen LogP contribution in [0.3, 0.4) is 0 Å². The lowest BCUT2D eigenvalue weighted by molar-refractivity contribution is -0.137. The Morgan fingerprint density at radius 3 is 2.71 bits per heavy atom. The monoisotopic (exact) mass is 427 g/mol. The summed E-state index contributed by atoms with van der Waals surface area (Å²) in [7, 11) is 2.04. The van der Waals surface area contributed by atoms with E-state index in [2.05, 4.69) is 15.2 Å². The van der Waals surface area contributed by atoms with Crippen molar-refractivity contribution in [1.29, 1.82) is 0 Å². The molecule has 2 aliphatic rings. The Morgan fingerprint density at radius 1 is 1.16 bits per heavy atom. The SMILES string of the molecule is CN1c2nc(-n3ccc(-c4ccc(C(F)(F)F)cn4)cc3=O)ccc2C2CNCCC21. The minimum atomic E-state index is -4.45. The van der Waals surface area contributed by atoms with Crippen molar-refractivity contribution < 1.29 is 13.2 Å². The zero-order valence-corrected chi connectivity index (χ0v) is 16.7. The molecule has 0 radical (unpaired) electrons. The molecule has 160 valence electrons. The van der Waals surface area contributed by atoms with Crippen molar-refractivity contribution in [3.05, 3.63) is 70.3 Å². The van der Waals surface area contributed by atoms with Gasteiger partial charge < -0.3 is 10.2 Å². The second kappa shape index (κ2) is 7.19.